The minimum Gasteiger partial charge on any atom is -0.384 e. The Kier molecular flexibility index (Phi) is 3.88. The van der Waals surface area contributed by atoms with Crippen LogP contribution in [-0.4, -0.2) is 16.4 Å². The summed E-state index contributed by atoms with van der Waals surface area (Å²) >= 11 is 0. The van der Waals surface area contributed by atoms with Gasteiger partial charge >= 0.3 is 0 Å². The van der Waals surface area contributed by atoms with Crippen LogP contribution in [0.4, 0.5) is 5.82 Å². The van der Waals surface area contributed by atoms with Crippen LogP contribution in [0.5, 0.6) is 0 Å². The Morgan fingerprint density at radius 1 is 1.56 bits per heavy atom. The van der Waals surface area contributed by atoms with Gasteiger partial charge in [0, 0.05) is 17.3 Å². The molecule has 1 amide bonds. The van der Waals surface area contributed by atoms with Crippen LogP contribution >= 0.6 is 0 Å². The van der Waals surface area contributed by atoms with Crippen molar-refractivity contribution >= 4 is 11.7 Å². The van der Waals surface area contributed by atoms with Gasteiger partial charge in [-0.3, -0.25) is 4.79 Å². The molecule has 4 heteroatoms. The van der Waals surface area contributed by atoms with Crippen molar-refractivity contribution < 1.29 is 4.79 Å². The summed E-state index contributed by atoms with van der Waals surface area (Å²) in [6.07, 6.45) is 3.52. The predicted octanol–water partition coefficient (Wildman–Crippen LogP) is 1.97. The largest absolute Gasteiger partial charge is 0.384 e. The van der Waals surface area contributed by atoms with Crippen molar-refractivity contribution in [2.24, 2.45) is 0 Å². The highest BCUT2D eigenvalue weighted by Crippen LogP contribution is 2.12. The third-order valence-corrected chi connectivity index (χ3v) is 2.37. The molecular formula is C12H19N3O. The fourth-order valence-electron chi connectivity index (χ4n) is 1.66. The number of hydrogen-bond acceptors (Lipinski definition) is 3. The van der Waals surface area contributed by atoms with E-state index < -0.39 is 0 Å². The Labute approximate surface area is 96.3 Å². The van der Waals surface area contributed by atoms with Crippen molar-refractivity contribution in [1.29, 1.82) is 0 Å². The maximum atomic E-state index is 11.9. The van der Waals surface area contributed by atoms with E-state index in [1.54, 1.807) is 12.1 Å². The van der Waals surface area contributed by atoms with Crippen molar-refractivity contribution in [2.75, 3.05) is 5.73 Å². The second-order valence-corrected chi connectivity index (χ2v) is 4.56. The normalized spacial score (nSPS) is 11.2. The number of rotatable bonds is 4. The second-order valence-electron chi connectivity index (χ2n) is 4.56. The zero-order valence-corrected chi connectivity index (χ0v) is 10.1. The Hall–Kier alpha value is -1.58. The molecule has 1 aromatic heterocycles. The van der Waals surface area contributed by atoms with Gasteiger partial charge in [0.15, 0.2) is 0 Å². The number of nitrogens with two attached hydrogens (primary N) is 1. The molecule has 0 aliphatic heterocycles. The maximum absolute atomic E-state index is 11.9. The molecule has 1 rings (SSSR count). The number of hydrogen-bond donors (Lipinski definition) is 2. The van der Waals surface area contributed by atoms with E-state index in [9.17, 15) is 4.79 Å². The lowest BCUT2D eigenvalue weighted by atomic mass is 9.98. The molecule has 0 aromatic carbocycles. The highest BCUT2D eigenvalue weighted by atomic mass is 16.1. The molecule has 0 radical (unpaired) electrons. The Balaban J connectivity index is 2.72. The lowest BCUT2D eigenvalue weighted by Crippen LogP contribution is -2.43. The number of nitrogens with one attached hydrogen (secondary N) is 1. The molecule has 4 nitrogen and oxygen atoms in total. The van der Waals surface area contributed by atoms with Gasteiger partial charge in [-0.25, -0.2) is 4.98 Å². The first kappa shape index (κ1) is 12.5. The molecule has 0 atom stereocenters. The van der Waals surface area contributed by atoms with E-state index in [1.807, 2.05) is 13.8 Å². The van der Waals surface area contributed by atoms with Crippen LogP contribution in [0.3, 0.4) is 0 Å². The molecular weight excluding hydrogens is 202 g/mol. The van der Waals surface area contributed by atoms with Gasteiger partial charge in [-0.15, -0.1) is 0 Å². The molecule has 1 aromatic rings. The molecule has 0 spiro atoms. The summed E-state index contributed by atoms with van der Waals surface area (Å²) in [6.45, 7) is 6.12. The number of pyridine rings is 1. The summed E-state index contributed by atoms with van der Waals surface area (Å²) < 4.78 is 0. The number of carbonyl (C=O) groups is 1. The molecule has 1 heterocycles. The Bertz CT molecular complexity index is 374. The van der Waals surface area contributed by atoms with Gasteiger partial charge in [0.2, 0.25) is 0 Å². The number of anilines is 1. The third-order valence-electron chi connectivity index (χ3n) is 2.37. The summed E-state index contributed by atoms with van der Waals surface area (Å²) in [6, 6.07) is 3.24. The average Bonchev–Trinajstić information content (AvgIpc) is 2.16. The van der Waals surface area contributed by atoms with Gasteiger partial charge in [-0.1, -0.05) is 13.3 Å². The standard InChI is InChI=1S/C12H19N3O/c1-4-6-12(2,3)15-11(16)9-5-7-14-10(13)8-9/h5,7-8H,4,6H2,1-3H3,(H2,13,14)(H,15,16). The summed E-state index contributed by atoms with van der Waals surface area (Å²) in [5.74, 6) is 0.258. The second kappa shape index (κ2) is 4.96. The van der Waals surface area contributed by atoms with Crippen LogP contribution in [0, 0.1) is 0 Å². The fourth-order valence-corrected chi connectivity index (χ4v) is 1.66. The van der Waals surface area contributed by atoms with Crippen molar-refractivity contribution in [1.82, 2.24) is 10.3 Å². The molecule has 88 valence electrons. The first-order chi connectivity index (χ1) is 7.44. The summed E-state index contributed by atoms with van der Waals surface area (Å²) in [7, 11) is 0. The smallest absolute Gasteiger partial charge is 0.251 e. The number of amides is 1. The van der Waals surface area contributed by atoms with Gasteiger partial charge in [-0.2, -0.15) is 0 Å². The third kappa shape index (κ3) is 3.53. The molecule has 0 saturated heterocycles. The van der Waals surface area contributed by atoms with Crippen LogP contribution < -0.4 is 11.1 Å². The van der Waals surface area contributed by atoms with E-state index in [0.717, 1.165) is 12.8 Å². The van der Waals surface area contributed by atoms with E-state index in [2.05, 4.69) is 17.2 Å². The number of aromatic nitrogens is 1. The topological polar surface area (TPSA) is 68.0 Å². The molecule has 0 aliphatic carbocycles. The molecule has 0 saturated carbocycles. The number of nitrogen functional groups attached to an aromatic ring is 1. The summed E-state index contributed by atoms with van der Waals surface area (Å²) in [4.78, 5) is 15.7. The molecule has 0 fully saturated rings. The highest BCUT2D eigenvalue weighted by Gasteiger charge is 2.19. The van der Waals surface area contributed by atoms with Crippen LogP contribution in [0.15, 0.2) is 18.3 Å². The van der Waals surface area contributed by atoms with Crippen LogP contribution in [0.2, 0.25) is 0 Å². The minimum absolute atomic E-state index is 0.104. The number of carbonyl (C=O) groups excluding carboxylic acids is 1. The molecule has 16 heavy (non-hydrogen) atoms. The lowest BCUT2D eigenvalue weighted by molar-refractivity contribution is 0.0909. The van der Waals surface area contributed by atoms with Crippen molar-refractivity contribution in [3.8, 4) is 0 Å². The van der Waals surface area contributed by atoms with E-state index in [0.29, 0.717) is 11.4 Å². The van der Waals surface area contributed by atoms with E-state index in [-0.39, 0.29) is 11.4 Å². The van der Waals surface area contributed by atoms with E-state index >= 15 is 0 Å². The number of nitrogens with zero attached hydrogens (tertiary/aromatic N) is 1. The minimum atomic E-state index is -0.191. The molecule has 0 aliphatic rings. The Morgan fingerprint density at radius 2 is 2.25 bits per heavy atom. The predicted molar refractivity (Wildman–Crippen MR) is 65.1 cm³/mol. The van der Waals surface area contributed by atoms with E-state index in [1.165, 1.54) is 6.20 Å². The fraction of sp³-hybridized carbons (Fsp3) is 0.500. The van der Waals surface area contributed by atoms with Gasteiger partial charge in [0.25, 0.3) is 5.91 Å². The lowest BCUT2D eigenvalue weighted by Gasteiger charge is -2.25. The summed E-state index contributed by atoms with van der Waals surface area (Å²) in [5, 5.41) is 2.98. The van der Waals surface area contributed by atoms with Crippen molar-refractivity contribution in [2.45, 2.75) is 39.2 Å². The summed E-state index contributed by atoms with van der Waals surface area (Å²) in [5.41, 5.74) is 5.89. The molecule has 3 N–H and O–H groups in total. The van der Waals surface area contributed by atoms with Crippen LogP contribution in [0.1, 0.15) is 44.0 Å². The Morgan fingerprint density at radius 3 is 2.81 bits per heavy atom. The molecule has 0 unspecified atom stereocenters. The van der Waals surface area contributed by atoms with E-state index in [4.69, 9.17) is 5.73 Å². The monoisotopic (exact) mass is 221 g/mol. The van der Waals surface area contributed by atoms with Crippen LogP contribution in [-0.2, 0) is 0 Å². The quantitative estimate of drug-likeness (QED) is 0.816. The SMILES string of the molecule is CCCC(C)(C)NC(=O)c1ccnc(N)c1. The zero-order chi connectivity index (χ0) is 12.2. The highest BCUT2D eigenvalue weighted by molar-refractivity contribution is 5.95. The first-order valence-electron chi connectivity index (χ1n) is 5.48. The van der Waals surface area contributed by atoms with Gasteiger partial charge in [0.1, 0.15) is 5.82 Å². The maximum Gasteiger partial charge on any atom is 0.251 e. The zero-order valence-electron chi connectivity index (χ0n) is 10.1. The van der Waals surface area contributed by atoms with Gasteiger partial charge in [-0.05, 0) is 32.4 Å². The van der Waals surface area contributed by atoms with Crippen molar-refractivity contribution in [3.05, 3.63) is 23.9 Å². The van der Waals surface area contributed by atoms with Crippen LogP contribution in [0.25, 0.3) is 0 Å². The van der Waals surface area contributed by atoms with Gasteiger partial charge in [0.05, 0.1) is 0 Å². The molecule has 0 bridgehead atoms. The average molecular weight is 221 g/mol. The van der Waals surface area contributed by atoms with Gasteiger partial charge < -0.3 is 11.1 Å². The first-order valence-corrected chi connectivity index (χ1v) is 5.48. The van der Waals surface area contributed by atoms with Crippen molar-refractivity contribution in [3.63, 3.8) is 0 Å².